The van der Waals surface area contributed by atoms with Gasteiger partial charge in [0.05, 0.1) is 29.0 Å². The molecule has 1 amide bonds. The number of alkyl carbamates (subject to hydrolysis) is 1. The molecule has 1 saturated carbocycles. The predicted octanol–water partition coefficient (Wildman–Crippen LogP) is 2.72. The minimum absolute atomic E-state index is 0.0309. The Hall–Kier alpha value is -2.57. The second-order valence-corrected chi connectivity index (χ2v) is 8.64. The van der Waals surface area contributed by atoms with Crippen molar-refractivity contribution in [3.8, 4) is 0 Å². The Morgan fingerprint density at radius 1 is 1.29 bits per heavy atom. The van der Waals surface area contributed by atoms with E-state index in [-0.39, 0.29) is 23.7 Å². The van der Waals surface area contributed by atoms with Crippen molar-refractivity contribution in [2.24, 2.45) is 0 Å². The van der Waals surface area contributed by atoms with Crippen LogP contribution in [0.15, 0.2) is 29.1 Å². The van der Waals surface area contributed by atoms with Crippen LogP contribution in [0.4, 0.5) is 4.79 Å². The average molecular weight is 384 g/mol. The molecule has 1 N–H and O–H groups in total. The van der Waals surface area contributed by atoms with Crippen LogP contribution in [0.1, 0.15) is 52.8 Å². The SMILES string of the molecule is CCc1nc2ccccc2c(=O)n1N1[C@@H]2[C@H](NC(=O)OC(C)(C)C)CCC[C@@H]21. The van der Waals surface area contributed by atoms with Crippen molar-refractivity contribution in [1.29, 1.82) is 0 Å². The molecule has 3 atom stereocenters. The first-order chi connectivity index (χ1) is 13.3. The fourth-order valence-corrected chi connectivity index (χ4v) is 4.29. The third-order valence-electron chi connectivity index (χ3n) is 5.45. The topological polar surface area (TPSA) is 76.2 Å². The number of nitrogens with one attached hydrogen (secondary N) is 1. The molecule has 28 heavy (non-hydrogen) atoms. The van der Waals surface area contributed by atoms with E-state index < -0.39 is 11.7 Å². The van der Waals surface area contributed by atoms with Gasteiger partial charge in [-0.3, -0.25) is 9.80 Å². The molecule has 1 aliphatic carbocycles. The maximum atomic E-state index is 13.2. The van der Waals surface area contributed by atoms with Gasteiger partial charge in [0.1, 0.15) is 11.4 Å². The molecule has 4 rings (SSSR count). The molecule has 2 aromatic rings. The van der Waals surface area contributed by atoms with Crippen LogP contribution in [-0.4, -0.2) is 39.5 Å². The van der Waals surface area contributed by atoms with E-state index in [1.807, 2.05) is 52.0 Å². The van der Waals surface area contributed by atoms with Gasteiger partial charge >= 0.3 is 6.09 Å². The fraction of sp³-hybridized carbons (Fsp3) is 0.571. The lowest BCUT2D eigenvalue weighted by atomic mass is 9.96. The van der Waals surface area contributed by atoms with E-state index in [0.29, 0.717) is 11.8 Å². The van der Waals surface area contributed by atoms with E-state index in [4.69, 9.17) is 9.72 Å². The summed E-state index contributed by atoms with van der Waals surface area (Å²) in [6.07, 6.45) is 3.17. The van der Waals surface area contributed by atoms with Gasteiger partial charge in [0, 0.05) is 6.42 Å². The van der Waals surface area contributed by atoms with Crippen LogP contribution in [-0.2, 0) is 11.2 Å². The zero-order valence-corrected chi connectivity index (χ0v) is 16.9. The minimum atomic E-state index is -0.532. The summed E-state index contributed by atoms with van der Waals surface area (Å²) < 4.78 is 7.17. The Balaban J connectivity index is 1.63. The minimum Gasteiger partial charge on any atom is -0.444 e. The highest BCUT2D eigenvalue weighted by atomic mass is 16.6. The molecule has 1 aromatic carbocycles. The first kappa shape index (κ1) is 18.8. The van der Waals surface area contributed by atoms with Gasteiger partial charge in [-0.05, 0) is 52.2 Å². The summed E-state index contributed by atoms with van der Waals surface area (Å²) in [7, 11) is 0. The number of carbonyl (C=O) groups excluding carboxylic acids is 1. The summed E-state index contributed by atoms with van der Waals surface area (Å²) >= 11 is 0. The number of fused-ring (bicyclic) bond motifs is 2. The summed E-state index contributed by atoms with van der Waals surface area (Å²) in [6, 6.07) is 7.79. The number of ether oxygens (including phenoxy) is 1. The van der Waals surface area contributed by atoms with E-state index in [1.54, 1.807) is 4.68 Å². The summed E-state index contributed by atoms with van der Waals surface area (Å²) in [5.74, 6) is 0.758. The highest BCUT2D eigenvalue weighted by Crippen LogP contribution is 2.39. The molecule has 0 radical (unpaired) electrons. The van der Waals surface area contributed by atoms with Gasteiger partial charge in [-0.1, -0.05) is 19.1 Å². The van der Waals surface area contributed by atoms with Gasteiger partial charge in [-0.25, -0.2) is 14.5 Å². The summed E-state index contributed by atoms with van der Waals surface area (Å²) in [4.78, 5) is 30.2. The normalized spacial score (nSPS) is 24.0. The zero-order valence-electron chi connectivity index (χ0n) is 16.9. The van der Waals surface area contributed by atoms with Gasteiger partial charge in [0.15, 0.2) is 0 Å². The van der Waals surface area contributed by atoms with E-state index in [0.717, 1.165) is 30.6 Å². The van der Waals surface area contributed by atoms with Crippen molar-refractivity contribution in [2.75, 3.05) is 5.01 Å². The van der Waals surface area contributed by atoms with E-state index in [2.05, 4.69) is 10.3 Å². The molecule has 1 aliphatic heterocycles. The molecule has 2 aliphatic rings. The lowest BCUT2D eigenvalue weighted by Gasteiger charge is -2.25. The first-order valence-electron chi connectivity index (χ1n) is 10.1. The van der Waals surface area contributed by atoms with Gasteiger partial charge < -0.3 is 10.1 Å². The van der Waals surface area contributed by atoms with Gasteiger partial charge in [0.2, 0.25) is 0 Å². The molecule has 0 bridgehead atoms. The number of aryl methyl sites for hydroxylation is 1. The third kappa shape index (κ3) is 3.34. The van der Waals surface area contributed by atoms with Crippen molar-refractivity contribution in [3.63, 3.8) is 0 Å². The number of benzene rings is 1. The number of nitrogens with zero attached hydrogens (tertiary/aromatic N) is 3. The molecule has 7 nitrogen and oxygen atoms in total. The number of carbonyl (C=O) groups is 1. The Morgan fingerprint density at radius 2 is 2.04 bits per heavy atom. The zero-order chi connectivity index (χ0) is 20.1. The van der Waals surface area contributed by atoms with Gasteiger partial charge in [0.25, 0.3) is 5.56 Å². The van der Waals surface area contributed by atoms with Gasteiger partial charge in [-0.15, -0.1) is 0 Å². The maximum absolute atomic E-state index is 13.2. The van der Waals surface area contributed by atoms with E-state index >= 15 is 0 Å². The second kappa shape index (κ2) is 6.79. The number of rotatable bonds is 3. The number of hydrogen-bond donors (Lipinski definition) is 1. The highest BCUT2D eigenvalue weighted by molar-refractivity contribution is 5.77. The molecule has 0 unspecified atom stereocenters. The molecule has 2 heterocycles. The van der Waals surface area contributed by atoms with Crippen LogP contribution in [0, 0.1) is 0 Å². The Morgan fingerprint density at radius 3 is 2.75 bits per heavy atom. The van der Waals surface area contributed by atoms with Crippen LogP contribution in [0.5, 0.6) is 0 Å². The van der Waals surface area contributed by atoms with Crippen LogP contribution >= 0.6 is 0 Å². The summed E-state index contributed by atoms with van der Waals surface area (Å²) in [5, 5.41) is 5.75. The number of amides is 1. The molecule has 0 spiro atoms. The third-order valence-corrected chi connectivity index (χ3v) is 5.45. The summed E-state index contributed by atoms with van der Waals surface area (Å²) in [6.45, 7) is 7.57. The molecule has 7 heteroatoms. The fourth-order valence-electron chi connectivity index (χ4n) is 4.29. The Bertz CT molecular complexity index is 962. The molecule has 2 fully saturated rings. The molecule has 1 saturated heterocycles. The number of para-hydroxylation sites is 1. The van der Waals surface area contributed by atoms with Crippen molar-refractivity contribution >= 4 is 17.0 Å². The molecule has 1 aromatic heterocycles. The van der Waals surface area contributed by atoms with Crippen molar-refractivity contribution < 1.29 is 9.53 Å². The monoisotopic (exact) mass is 384 g/mol. The van der Waals surface area contributed by atoms with Crippen molar-refractivity contribution in [2.45, 2.75) is 77.1 Å². The van der Waals surface area contributed by atoms with E-state index in [1.165, 1.54) is 0 Å². The lowest BCUT2D eigenvalue weighted by Crippen LogP contribution is -2.45. The van der Waals surface area contributed by atoms with Crippen LogP contribution in [0.3, 0.4) is 0 Å². The average Bonchev–Trinajstić information content (AvgIpc) is 3.35. The molecular weight excluding hydrogens is 356 g/mol. The van der Waals surface area contributed by atoms with Crippen LogP contribution in [0.25, 0.3) is 10.9 Å². The van der Waals surface area contributed by atoms with Gasteiger partial charge in [-0.2, -0.15) is 0 Å². The lowest BCUT2D eigenvalue weighted by molar-refractivity contribution is 0.0497. The second-order valence-electron chi connectivity index (χ2n) is 8.64. The summed E-state index contributed by atoms with van der Waals surface area (Å²) in [5.41, 5.74) is 0.164. The van der Waals surface area contributed by atoms with Crippen molar-refractivity contribution in [3.05, 3.63) is 40.4 Å². The Labute approximate surface area is 164 Å². The van der Waals surface area contributed by atoms with Crippen LogP contribution in [0.2, 0.25) is 0 Å². The number of hydrogen-bond acceptors (Lipinski definition) is 5. The Kier molecular flexibility index (Phi) is 4.56. The van der Waals surface area contributed by atoms with Crippen LogP contribution < -0.4 is 15.9 Å². The molecular formula is C21H28N4O3. The molecule has 150 valence electrons. The smallest absolute Gasteiger partial charge is 0.407 e. The number of aromatic nitrogens is 2. The predicted molar refractivity (Wildman–Crippen MR) is 108 cm³/mol. The standard InChI is InChI=1S/C21H28N4O3/c1-5-17-22-14-10-7-6-9-13(14)19(26)25(17)24-16-12-8-11-15(18(16)24)23-20(27)28-21(2,3)4/h6-7,9-10,15-16,18H,5,8,11-12H2,1-4H3,(H,23,27)/t15-,16+,18-,24?/m1/s1. The largest absolute Gasteiger partial charge is 0.444 e. The van der Waals surface area contributed by atoms with Crippen molar-refractivity contribution in [1.82, 2.24) is 15.0 Å². The van der Waals surface area contributed by atoms with E-state index in [9.17, 15) is 9.59 Å². The first-order valence-corrected chi connectivity index (χ1v) is 10.1. The quantitative estimate of drug-likeness (QED) is 0.824. The maximum Gasteiger partial charge on any atom is 0.407 e. The highest BCUT2D eigenvalue weighted by Gasteiger charge is 2.56.